The van der Waals surface area contributed by atoms with Gasteiger partial charge < -0.3 is 11.5 Å². The molecule has 0 aliphatic carbocycles. The summed E-state index contributed by atoms with van der Waals surface area (Å²) in [7, 11) is 0. The molecule has 6 heteroatoms. The van der Waals surface area contributed by atoms with Crippen LogP contribution in [-0.4, -0.2) is 9.97 Å². The van der Waals surface area contributed by atoms with Gasteiger partial charge in [0, 0.05) is 35.7 Å². The van der Waals surface area contributed by atoms with Gasteiger partial charge in [0.05, 0.1) is 5.69 Å². The Kier molecular flexibility index (Phi) is 4.46. The number of rotatable bonds is 4. The zero-order valence-corrected chi connectivity index (χ0v) is 13.7. The number of alkyl halides is 2. The lowest BCUT2D eigenvalue weighted by Gasteiger charge is -2.18. The van der Waals surface area contributed by atoms with E-state index in [1.165, 1.54) is 6.07 Å². The second-order valence-electron chi connectivity index (χ2n) is 5.76. The fraction of sp³-hybridized carbons (Fsp3) is 0.158. The first-order chi connectivity index (χ1) is 11.9. The third kappa shape index (κ3) is 3.34. The summed E-state index contributed by atoms with van der Waals surface area (Å²) in [6, 6.07) is 15.5. The van der Waals surface area contributed by atoms with Crippen molar-refractivity contribution in [2.75, 3.05) is 5.73 Å². The maximum atomic E-state index is 14.1. The first kappa shape index (κ1) is 17.0. The maximum Gasteiger partial charge on any atom is 0.271 e. The molecule has 0 atom stereocenters. The molecule has 0 saturated heterocycles. The van der Waals surface area contributed by atoms with Crippen molar-refractivity contribution in [1.82, 2.24) is 9.97 Å². The Morgan fingerprint density at radius 1 is 0.960 bits per heavy atom. The zero-order valence-electron chi connectivity index (χ0n) is 13.7. The minimum Gasteiger partial charge on any atom is -0.383 e. The van der Waals surface area contributed by atoms with Crippen molar-refractivity contribution in [1.29, 1.82) is 0 Å². The van der Waals surface area contributed by atoms with Crippen molar-refractivity contribution >= 4 is 5.82 Å². The van der Waals surface area contributed by atoms with Gasteiger partial charge in [0.1, 0.15) is 5.82 Å². The Morgan fingerprint density at radius 3 is 2.24 bits per heavy atom. The van der Waals surface area contributed by atoms with Crippen molar-refractivity contribution in [3.05, 3.63) is 65.7 Å². The van der Waals surface area contributed by atoms with Crippen LogP contribution in [0.3, 0.4) is 0 Å². The molecule has 1 aromatic heterocycles. The molecule has 0 aliphatic rings. The molecule has 25 heavy (non-hydrogen) atoms. The van der Waals surface area contributed by atoms with Crippen LogP contribution in [0.25, 0.3) is 22.6 Å². The molecule has 0 fully saturated rings. The summed E-state index contributed by atoms with van der Waals surface area (Å²) < 4.78 is 28.1. The Morgan fingerprint density at radius 2 is 1.60 bits per heavy atom. The van der Waals surface area contributed by atoms with Gasteiger partial charge in [0.25, 0.3) is 5.92 Å². The first-order valence-corrected chi connectivity index (χ1v) is 7.81. The lowest BCUT2D eigenvalue weighted by atomic mass is 9.96. The molecule has 0 bridgehead atoms. The Balaban J connectivity index is 2.28. The SMILES string of the molecule is CC(F)(F)c1ccccc1-c1nc(-c2ccccc2)nc(N)c1CN. The minimum atomic E-state index is -3.02. The molecule has 0 unspecified atom stereocenters. The Bertz CT molecular complexity index is 890. The van der Waals surface area contributed by atoms with Gasteiger partial charge in [-0.1, -0.05) is 54.6 Å². The number of hydrogen-bond acceptors (Lipinski definition) is 4. The summed E-state index contributed by atoms with van der Waals surface area (Å²) in [5.74, 6) is -2.45. The molecule has 4 N–H and O–H groups in total. The number of nitrogen functional groups attached to an aromatic ring is 1. The van der Waals surface area contributed by atoms with E-state index in [-0.39, 0.29) is 17.9 Å². The van der Waals surface area contributed by atoms with E-state index < -0.39 is 5.92 Å². The van der Waals surface area contributed by atoms with E-state index in [0.717, 1.165) is 12.5 Å². The van der Waals surface area contributed by atoms with Crippen molar-refractivity contribution in [3.8, 4) is 22.6 Å². The number of nitrogens with zero attached hydrogens (tertiary/aromatic N) is 2. The number of halogens is 2. The second-order valence-corrected chi connectivity index (χ2v) is 5.76. The smallest absolute Gasteiger partial charge is 0.271 e. The van der Waals surface area contributed by atoms with Crippen molar-refractivity contribution < 1.29 is 8.78 Å². The number of hydrogen-bond donors (Lipinski definition) is 2. The van der Waals surface area contributed by atoms with Crippen molar-refractivity contribution in [2.24, 2.45) is 5.73 Å². The first-order valence-electron chi connectivity index (χ1n) is 7.81. The van der Waals surface area contributed by atoms with Gasteiger partial charge in [-0.2, -0.15) is 0 Å². The molecular weight excluding hydrogens is 322 g/mol. The van der Waals surface area contributed by atoms with Gasteiger partial charge in [-0.05, 0) is 0 Å². The molecule has 1 heterocycles. The van der Waals surface area contributed by atoms with Gasteiger partial charge in [0.2, 0.25) is 0 Å². The van der Waals surface area contributed by atoms with Crippen LogP contribution in [0.2, 0.25) is 0 Å². The van der Waals surface area contributed by atoms with Crippen LogP contribution in [0.5, 0.6) is 0 Å². The van der Waals surface area contributed by atoms with Gasteiger partial charge in [-0.15, -0.1) is 0 Å². The van der Waals surface area contributed by atoms with E-state index in [2.05, 4.69) is 9.97 Å². The number of nitrogens with two attached hydrogens (primary N) is 2. The zero-order chi connectivity index (χ0) is 18.0. The standard InChI is InChI=1S/C19H18F2N4/c1-19(20,21)15-10-6-5-9-13(15)16-14(11-22)17(23)25-18(24-16)12-7-3-2-4-8-12/h2-10H,11,22H2,1H3,(H2,23,24,25). The molecule has 3 rings (SSSR count). The molecule has 128 valence electrons. The normalized spacial score (nSPS) is 11.5. The number of anilines is 1. The highest BCUT2D eigenvalue weighted by Gasteiger charge is 2.29. The van der Waals surface area contributed by atoms with E-state index in [4.69, 9.17) is 11.5 Å². The third-order valence-electron chi connectivity index (χ3n) is 3.93. The third-order valence-corrected chi connectivity index (χ3v) is 3.93. The molecule has 3 aromatic rings. The lowest BCUT2D eigenvalue weighted by Crippen LogP contribution is -2.13. The summed E-state index contributed by atoms with van der Waals surface area (Å²) in [6.45, 7) is 0.913. The van der Waals surface area contributed by atoms with Crippen LogP contribution in [0.1, 0.15) is 18.1 Å². The monoisotopic (exact) mass is 340 g/mol. The molecule has 0 radical (unpaired) electrons. The number of aromatic nitrogens is 2. The fourth-order valence-corrected chi connectivity index (χ4v) is 2.71. The highest BCUT2D eigenvalue weighted by molar-refractivity contribution is 5.74. The lowest BCUT2D eigenvalue weighted by molar-refractivity contribution is 0.0180. The fourth-order valence-electron chi connectivity index (χ4n) is 2.71. The highest BCUT2D eigenvalue weighted by atomic mass is 19.3. The summed E-state index contributed by atoms with van der Waals surface area (Å²) in [6.07, 6.45) is 0. The van der Waals surface area contributed by atoms with Crippen LogP contribution in [-0.2, 0) is 12.5 Å². The predicted molar refractivity (Wildman–Crippen MR) is 94.8 cm³/mol. The molecule has 0 amide bonds. The molecule has 2 aromatic carbocycles. The van der Waals surface area contributed by atoms with Gasteiger partial charge >= 0.3 is 0 Å². The van der Waals surface area contributed by atoms with E-state index in [0.29, 0.717) is 22.6 Å². The van der Waals surface area contributed by atoms with Crippen molar-refractivity contribution in [2.45, 2.75) is 19.4 Å². The van der Waals surface area contributed by atoms with Gasteiger partial charge in [-0.3, -0.25) is 0 Å². The van der Waals surface area contributed by atoms with Crippen LogP contribution in [0, 0.1) is 0 Å². The van der Waals surface area contributed by atoms with Crippen molar-refractivity contribution in [3.63, 3.8) is 0 Å². The molecule has 0 saturated carbocycles. The Labute approximate surface area is 144 Å². The largest absolute Gasteiger partial charge is 0.383 e. The van der Waals surface area contributed by atoms with Gasteiger partial charge in [-0.25, -0.2) is 18.7 Å². The van der Waals surface area contributed by atoms with E-state index >= 15 is 0 Å². The van der Waals surface area contributed by atoms with E-state index in [1.807, 2.05) is 30.3 Å². The summed E-state index contributed by atoms with van der Waals surface area (Å²) in [4.78, 5) is 8.81. The summed E-state index contributed by atoms with van der Waals surface area (Å²) in [5.41, 5.74) is 13.6. The quantitative estimate of drug-likeness (QED) is 0.753. The van der Waals surface area contributed by atoms with Gasteiger partial charge in [0.15, 0.2) is 5.82 Å². The average molecular weight is 340 g/mol. The topological polar surface area (TPSA) is 77.8 Å². The summed E-state index contributed by atoms with van der Waals surface area (Å²) in [5, 5.41) is 0. The molecule has 4 nitrogen and oxygen atoms in total. The van der Waals surface area contributed by atoms with Crippen LogP contribution < -0.4 is 11.5 Å². The van der Waals surface area contributed by atoms with Crippen LogP contribution >= 0.6 is 0 Å². The molecule has 0 aliphatic heterocycles. The van der Waals surface area contributed by atoms with Crippen LogP contribution in [0.15, 0.2) is 54.6 Å². The number of benzene rings is 2. The second kappa shape index (κ2) is 6.57. The maximum absolute atomic E-state index is 14.1. The van der Waals surface area contributed by atoms with Crippen LogP contribution in [0.4, 0.5) is 14.6 Å². The summed E-state index contributed by atoms with van der Waals surface area (Å²) >= 11 is 0. The minimum absolute atomic E-state index is 0.0554. The molecular formula is C19H18F2N4. The molecule has 0 spiro atoms. The Hall–Kier alpha value is -2.86. The average Bonchev–Trinajstić information content (AvgIpc) is 2.61. The van der Waals surface area contributed by atoms with E-state index in [9.17, 15) is 8.78 Å². The van der Waals surface area contributed by atoms with E-state index in [1.54, 1.807) is 18.2 Å². The predicted octanol–water partition coefficient (Wildman–Crippen LogP) is 3.96. The highest BCUT2D eigenvalue weighted by Crippen LogP contribution is 2.37.